The van der Waals surface area contributed by atoms with Gasteiger partial charge < -0.3 is 5.32 Å². The smallest absolute Gasteiger partial charge is 0.144 e. The number of hydrogen-bond acceptors (Lipinski definition) is 3. The van der Waals surface area contributed by atoms with Gasteiger partial charge in [0.1, 0.15) is 11.9 Å². The number of pyridine rings is 1. The Balaban J connectivity index is 2.32. The van der Waals surface area contributed by atoms with E-state index in [-0.39, 0.29) is 0 Å². The highest BCUT2D eigenvalue weighted by molar-refractivity contribution is 6.36. The first kappa shape index (κ1) is 17.6. The Morgan fingerprint density at radius 1 is 0.920 bits per heavy atom. The van der Waals surface area contributed by atoms with E-state index in [0.29, 0.717) is 32.1 Å². The Morgan fingerprint density at radius 3 is 2.20 bits per heavy atom. The molecule has 3 rings (SSSR count). The average Bonchev–Trinajstić information content (AvgIpc) is 2.61. The molecule has 0 aliphatic heterocycles. The summed E-state index contributed by atoms with van der Waals surface area (Å²) >= 11 is 18.4. The number of rotatable bonds is 3. The molecule has 1 N–H and O–H groups in total. The van der Waals surface area contributed by atoms with Crippen LogP contribution in [0.1, 0.15) is 5.56 Å². The molecule has 1 aromatic heterocycles. The molecule has 0 atom stereocenters. The maximum absolute atomic E-state index is 9.43. The first-order valence-electron chi connectivity index (χ1n) is 7.37. The Bertz CT molecular complexity index is 976. The van der Waals surface area contributed by atoms with Crippen molar-refractivity contribution in [1.82, 2.24) is 4.98 Å². The van der Waals surface area contributed by atoms with Gasteiger partial charge in [-0.1, -0.05) is 53.0 Å². The summed E-state index contributed by atoms with van der Waals surface area (Å²) in [6.07, 6.45) is 0. The lowest BCUT2D eigenvalue weighted by Gasteiger charge is -2.14. The molecule has 0 spiro atoms. The summed E-state index contributed by atoms with van der Waals surface area (Å²) in [4.78, 5) is 4.63. The highest BCUT2D eigenvalue weighted by Crippen LogP contribution is 2.38. The maximum atomic E-state index is 9.43. The van der Waals surface area contributed by atoms with Crippen LogP contribution in [-0.2, 0) is 0 Å². The highest BCUT2D eigenvalue weighted by atomic mass is 35.5. The SMILES string of the molecule is CNc1nc(-c2ccc(Cl)cc2)c(-c2ccc(Cl)cc2Cl)cc1C#N. The Hall–Kier alpha value is -2.25. The first-order valence-corrected chi connectivity index (χ1v) is 8.51. The predicted octanol–water partition coefficient (Wildman–Crippen LogP) is 6.29. The zero-order chi connectivity index (χ0) is 18.0. The van der Waals surface area contributed by atoms with Gasteiger partial charge in [0.15, 0.2) is 0 Å². The van der Waals surface area contributed by atoms with Gasteiger partial charge in [-0.2, -0.15) is 5.26 Å². The third kappa shape index (κ3) is 3.57. The second kappa shape index (κ2) is 7.33. The van der Waals surface area contributed by atoms with E-state index >= 15 is 0 Å². The Labute approximate surface area is 160 Å². The molecule has 3 nitrogen and oxygen atoms in total. The predicted molar refractivity (Wildman–Crippen MR) is 104 cm³/mol. The van der Waals surface area contributed by atoms with Gasteiger partial charge in [-0.3, -0.25) is 0 Å². The summed E-state index contributed by atoms with van der Waals surface area (Å²) in [5.41, 5.74) is 3.50. The molecule has 0 aliphatic rings. The van der Waals surface area contributed by atoms with Gasteiger partial charge in [0.25, 0.3) is 0 Å². The maximum Gasteiger partial charge on any atom is 0.144 e. The number of nitrogens with one attached hydrogen (secondary N) is 1. The Kier molecular flexibility index (Phi) is 5.15. The van der Waals surface area contributed by atoms with Crippen LogP contribution in [0, 0.1) is 11.3 Å². The summed E-state index contributed by atoms with van der Waals surface area (Å²) in [7, 11) is 1.73. The molecule has 0 bridgehead atoms. The van der Waals surface area contributed by atoms with Gasteiger partial charge in [-0.15, -0.1) is 0 Å². The van der Waals surface area contributed by atoms with Crippen LogP contribution in [0.5, 0.6) is 0 Å². The van der Waals surface area contributed by atoms with E-state index in [1.807, 2.05) is 18.2 Å². The molecule has 0 saturated heterocycles. The molecular formula is C19H12Cl3N3. The van der Waals surface area contributed by atoms with Crippen molar-refractivity contribution >= 4 is 40.6 Å². The molecule has 25 heavy (non-hydrogen) atoms. The molecule has 6 heteroatoms. The average molecular weight is 389 g/mol. The number of aromatic nitrogens is 1. The van der Waals surface area contributed by atoms with Crippen LogP contribution in [0.2, 0.25) is 15.1 Å². The van der Waals surface area contributed by atoms with E-state index < -0.39 is 0 Å². The summed E-state index contributed by atoms with van der Waals surface area (Å²) in [6.45, 7) is 0. The minimum atomic E-state index is 0.432. The number of benzene rings is 2. The minimum absolute atomic E-state index is 0.432. The molecule has 0 unspecified atom stereocenters. The number of halogens is 3. The second-order valence-electron chi connectivity index (χ2n) is 5.27. The molecule has 0 radical (unpaired) electrons. The largest absolute Gasteiger partial charge is 0.372 e. The summed E-state index contributed by atoms with van der Waals surface area (Å²) < 4.78 is 0. The van der Waals surface area contributed by atoms with Crippen LogP contribution in [-0.4, -0.2) is 12.0 Å². The zero-order valence-corrected chi connectivity index (χ0v) is 15.4. The lowest BCUT2D eigenvalue weighted by Crippen LogP contribution is -2.00. The van der Waals surface area contributed by atoms with Crippen molar-refractivity contribution in [2.24, 2.45) is 0 Å². The molecule has 1 heterocycles. The highest BCUT2D eigenvalue weighted by Gasteiger charge is 2.16. The summed E-state index contributed by atoms with van der Waals surface area (Å²) in [5.74, 6) is 0.501. The van der Waals surface area contributed by atoms with Crippen LogP contribution >= 0.6 is 34.8 Å². The van der Waals surface area contributed by atoms with Gasteiger partial charge in [-0.05, 0) is 30.3 Å². The van der Waals surface area contributed by atoms with E-state index in [9.17, 15) is 5.26 Å². The normalized spacial score (nSPS) is 10.4. The van der Waals surface area contributed by atoms with E-state index in [4.69, 9.17) is 34.8 Å². The monoisotopic (exact) mass is 387 g/mol. The van der Waals surface area contributed by atoms with Gasteiger partial charge in [0.2, 0.25) is 0 Å². The van der Waals surface area contributed by atoms with Crippen LogP contribution in [0.3, 0.4) is 0 Å². The van der Waals surface area contributed by atoms with Crippen molar-refractivity contribution in [1.29, 1.82) is 5.26 Å². The van der Waals surface area contributed by atoms with Crippen molar-refractivity contribution in [3.05, 3.63) is 69.2 Å². The first-order chi connectivity index (χ1) is 12.0. The fourth-order valence-corrected chi connectivity index (χ4v) is 3.17. The van der Waals surface area contributed by atoms with Crippen molar-refractivity contribution in [3.63, 3.8) is 0 Å². The quantitative estimate of drug-likeness (QED) is 0.573. The number of nitriles is 1. The lowest BCUT2D eigenvalue weighted by atomic mass is 9.97. The van der Waals surface area contributed by atoms with Crippen LogP contribution in [0.4, 0.5) is 5.82 Å². The third-order valence-electron chi connectivity index (χ3n) is 3.72. The second-order valence-corrected chi connectivity index (χ2v) is 6.55. The van der Waals surface area contributed by atoms with Crippen LogP contribution < -0.4 is 5.32 Å². The standard InChI is InChI=1S/C19H12Cl3N3/c1-24-19-12(10-23)8-16(15-7-6-14(21)9-17(15)22)18(25-19)11-2-4-13(20)5-3-11/h2-9H,1H3,(H,24,25). The van der Waals surface area contributed by atoms with Gasteiger partial charge >= 0.3 is 0 Å². The van der Waals surface area contributed by atoms with Crippen molar-refractivity contribution in [2.45, 2.75) is 0 Å². The molecule has 0 fully saturated rings. The molecular weight excluding hydrogens is 377 g/mol. The number of nitrogens with zero attached hydrogens (tertiary/aromatic N) is 2. The van der Waals surface area contributed by atoms with E-state index in [1.165, 1.54) is 0 Å². The lowest BCUT2D eigenvalue weighted by molar-refractivity contribution is 1.27. The van der Waals surface area contributed by atoms with E-state index in [0.717, 1.165) is 16.7 Å². The van der Waals surface area contributed by atoms with Crippen molar-refractivity contribution < 1.29 is 0 Å². The Morgan fingerprint density at radius 2 is 1.60 bits per heavy atom. The summed E-state index contributed by atoms with van der Waals surface area (Å²) in [5, 5.41) is 14.1. The van der Waals surface area contributed by atoms with Gasteiger partial charge in [0.05, 0.1) is 11.3 Å². The van der Waals surface area contributed by atoms with Crippen LogP contribution in [0.15, 0.2) is 48.5 Å². The molecule has 0 saturated carbocycles. The number of anilines is 1. The van der Waals surface area contributed by atoms with E-state index in [2.05, 4.69) is 16.4 Å². The molecule has 0 amide bonds. The molecule has 3 aromatic rings. The van der Waals surface area contributed by atoms with Crippen molar-refractivity contribution in [3.8, 4) is 28.5 Å². The van der Waals surface area contributed by atoms with Gasteiger partial charge in [0, 0.05) is 38.8 Å². The fraction of sp³-hybridized carbons (Fsp3) is 0.0526. The summed E-state index contributed by atoms with van der Waals surface area (Å²) in [6, 6.07) is 16.5. The van der Waals surface area contributed by atoms with Crippen molar-refractivity contribution in [2.75, 3.05) is 12.4 Å². The zero-order valence-electron chi connectivity index (χ0n) is 13.1. The molecule has 124 valence electrons. The fourth-order valence-electron chi connectivity index (χ4n) is 2.53. The van der Waals surface area contributed by atoms with Crippen LogP contribution in [0.25, 0.3) is 22.4 Å². The van der Waals surface area contributed by atoms with Gasteiger partial charge in [-0.25, -0.2) is 4.98 Å². The topological polar surface area (TPSA) is 48.7 Å². The minimum Gasteiger partial charge on any atom is -0.372 e. The molecule has 0 aliphatic carbocycles. The third-order valence-corrected chi connectivity index (χ3v) is 4.52. The van der Waals surface area contributed by atoms with E-state index in [1.54, 1.807) is 37.4 Å². The molecule has 2 aromatic carbocycles. The number of hydrogen-bond donors (Lipinski definition) is 1.